The summed E-state index contributed by atoms with van der Waals surface area (Å²) in [6.07, 6.45) is 3.04. The molecule has 0 radical (unpaired) electrons. The predicted molar refractivity (Wildman–Crippen MR) is 167 cm³/mol. The highest BCUT2D eigenvalue weighted by atomic mass is 32.1. The molecule has 1 amide bonds. The van der Waals surface area contributed by atoms with Gasteiger partial charge in [-0.3, -0.25) is 14.5 Å². The number of aliphatic hydroxyl groups is 1. The molecule has 1 aliphatic rings. The van der Waals surface area contributed by atoms with Crippen LogP contribution in [0.5, 0.6) is 23.0 Å². The number of Topliss-reactive ketones (excluding diaryl/α,β-unsaturated/α-hetero) is 1. The maximum Gasteiger partial charge on any atom is 0.301 e. The molecule has 1 aromatic heterocycles. The van der Waals surface area contributed by atoms with E-state index in [1.54, 1.807) is 68.8 Å². The quantitative estimate of drug-likeness (QED) is 0.0807. The van der Waals surface area contributed by atoms with E-state index >= 15 is 0 Å². The Kier molecular flexibility index (Phi) is 9.16. The van der Waals surface area contributed by atoms with Crippen LogP contribution in [-0.4, -0.2) is 49.2 Å². The molecule has 9 nitrogen and oxygen atoms in total. The van der Waals surface area contributed by atoms with Gasteiger partial charge in [-0.15, -0.1) is 0 Å². The van der Waals surface area contributed by atoms with Gasteiger partial charge in [-0.1, -0.05) is 37.2 Å². The molecule has 5 rings (SSSR count). The van der Waals surface area contributed by atoms with E-state index in [2.05, 4.69) is 6.92 Å². The number of nitrogens with zero attached hydrogens (tertiary/aromatic N) is 2. The Morgan fingerprint density at radius 2 is 1.65 bits per heavy atom. The molecule has 1 unspecified atom stereocenters. The first-order chi connectivity index (χ1) is 20.9. The van der Waals surface area contributed by atoms with E-state index < -0.39 is 17.7 Å². The molecule has 1 saturated heterocycles. The van der Waals surface area contributed by atoms with Crippen molar-refractivity contribution in [1.82, 2.24) is 4.98 Å². The van der Waals surface area contributed by atoms with Crippen LogP contribution in [0.3, 0.4) is 0 Å². The molecular weight excluding hydrogens is 568 g/mol. The van der Waals surface area contributed by atoms with Crippen molar-refractivity contribution in [3.8, 4) is 23.0 Å². The summed E-state index contributed by atoms with van der Waals surface area (Å²) in [6.45, 7) is 4.93. The van der Waals surface area contributed by atoms with Crippen LogP contribution in [0.4, 0.5) is 5.13 Å². The van der Waals surface area contributed by atoms with Crippen LogP contribution < -0.4 is 23.8 Å². The normalized spacial score (nSPS) is 16.1. The number of ketones is 1. The van der Waals surface area contributed by atoms with E-state index in [0.717, 1.165) is 24.0 Å². The predicted octanol–water partition coefficient (Wildman–Crippen LogP) is 6.91. The third kappa shape index (κ3) is 6.01. The lowest BCUT2D eigenvalue weighted by Gasteiger charge is -2.24. The number of aromatic nitrogens is 1. The Hall–Kier alpha value is -4.57. The lowest BCUT2D eigenvalue weighted by Crippen LogP contribution is -2.29. The third-order valence-corrected chi connectivity index (χ3v) is 8.20. The van der Waals surface area contributed by atoms with Gasteiger partial charge in [0.1, 0.15) is 17.3 Å². The molecule has 1 fully saturated rings. The molecule has 1 atom stereocenters. The van der Waals surface area contributed by atoms with Gasteiger partial charge in [-0.2, -0.15) is 0 Å². The largest absolute Gasteiger partial charge is 0.507 e. The summed E-state index contributed by atoms with van der Waals surface area (Å²) >= 11 is 1.26. The van der Waals surface area contributed by atoms with Crippen LogP contribution in [0.15, 0.2) is 66.2 Å². The number of thiazole rings is 1. The topological polar surface area (TPSA) is 107 Å². The van der Waals surface area contributed by atoms with E-state index in [0.29, 0.717) is 58.0 Å². The van der Waals surface area contributed by atoms with Crippen molar-refractivity contribution in [2.24, 2.45) is 0 Å². The average Bonchev–Trinajstić information content (AvgIpc) is 3.56. The van der Waals surface area contributed by atoms with Gasteiger partial charge in [0.15, 0.2) is 16.6 Å². The van der Waals surface area contributed by atoms with Gasteiger partial charge in [-0.05, 0) is 73.5 Å². The fraction of sp³-hybridized carbons (Fsp3) is 0.303. The summed E-state index contributed by atoms with van der Waals surface area (Å²) in [6, 6.07) is 16.4. The number of carbonyl (C=O) groups is 2. The van der Waals surface area contributed by atoms with Crippen LogP contribution in [0.25, 0.3) is 16.0 Å². The number of amides is 1. The summed E-state index contributed by atoms with van der Waals surface area (Å²) in [5.74, 6) is 0.401. The van der Waals surface area contributed by atoms with Gasteiger partial charge in [-0.25, -0.2) is 4.98 Å². The first-order valence-corrected chi connectivity index (χ1v) is 15.0. The second-order valence-corrected chi connectivity index (χ2v) is 10.9. The Balaban J connectivity index is 1.65. The summed E-state index contributed by atoms with van der Waals surface area (Å²) in [7, 11) is 3.12. The van der Waals surface area contributed by atoms with Crippen LogP contribution in [0.2, 0.25) is 0 Å². The van der Waals surface area contributed by atoms with Crippen LogP contribution in [-0.2, 0) is 9.59 Å². The highest BCUT2D eigenvalue weighted by molar-refractivity contribution is 7.22. The summed E-state index contributed by atoms with van der Waals surface area (Å²) in [5, 5.41) is 11.8. The number of fused-ring (bicyclic) bond motifs is 1. The van der Waals surface area contributed by atoms with Crippen molar-refractivity contribution in [2.45, 2.75) is 39.2 Å². The van der Waals surface area contributed by atoms with Gasteiger partial charge in [0, 0.05) is 5.56 Å². The molecule has 0 saturated carbocycles. The molecule has 0 bridgehead atoms. The van der Waals surface area contributed by atoms with E-state index in [9.17, 15) is 14.7 Å². The maximum atomic E-state index is 13.7. The van der Waals surface area contributed by atoms with Gasteiger partial charge in [0.05, 0.1) is 49.3 Å². The van der Waals surface area contributed by atoms with Gasteiger partial charge < -0.3 is 24.1 Å². The Morgan fingerprint density at radius 3 is 2.35 bits per heavy atom. The Labute approximate surface area is 254 Å². The fourth-order valence-electron chi connectivity index (χ4n) is 4.99. The van der Waals surface area contributed by atoms with E-state index in [4.69, 9.17) is 23.9 Å². The lowest BCUT2D eigenvalue weighted by atomic mass is 9.95. The number of benzene rings is 3. The number of hydrogen-bond donors (Lipinski definition) is 1. The van der Waals surface area contributed by atoms with E-state index in [1.807, 2.05) is 13.0 Å². The van der Waals surface area contributed by atoms with Crippen molar-refractivity contribution in [2.75, 3.05) is 32.3 Å². The number of hydrogen-bond acceptors (Lipinski definition) is 9. The van der Waals surface area contributed by atoms with Crippen LogP contribution in [0, 0.1) is 0 Å². The molecule has 2 heterocycles. The standard InChI is InChI=1S/C33H34N2O7S/c1-5-7-8-17-42-25-16-11-21(18-26(25)41-6-2)29-28(30(36)20-9-12-22(39-3)13-10-20)31(37)32(38)35(29)33-34-24-15-14-23(40-4)19-27(24)43-33/h9-16,18-19,29,36H,5-8,17H2,1-4H3. The summed E-state index contributed by atoms with van der Waals surface area (Å²) in [4.78, 5) is 33.4. The maximum absolute atomic E-state index is 13.7. The first-order valence-electron chi connectivity index (χ1n) is 14.2. The van der Waals surface area contributed by atoms with Gasteiger partial charge in [0.25, 0.3) is 5.78 Å². The SMILES string of the molecule is CCCCCOc1ccc(C2C(=C(O)c3ccc(OC)cc3)C(=O)C(=O)N2c2nc3ccc(OC)cc3s2)cc1OCC. The molecule has 4 aromatic rings. The van der Waals surface area contributed by atoms with Crippen molar-refractivity contribution < 1.29 is 33.6 Å². The Bertz CT molecular complexity index is 1660. The summed E-state index contributed by atoms with van der Waals surface area (Å²) in [5.41, 5.74) is 1.54. The molecule has 43 heavy (non-hydrogen) atoms. The number of rotatable bonds is 12. The molecule has 3 aromatic carbocycles. The van der Waals surface area contributed by atoms with Crippen molar-refractivity contribution in [3.05, 3.63) is 77.4 Å². The minimum absolute atomic E-state index is 0.0499. The van der Waals surface area contributed by atoms with Crippen molar-refractivity contribution in [3.63, 3.8) is 0 Å². The fourth-order valence-corrected chi connectivity index (χ4v) is 6.01. The van der Waals surface area contributed by atoms with Gasteiger partial charge in [0.2, 0.25) is 0 Å². The zero-order valence-corrected chi connectivity index (χ0v) is 25.4. The third-order valence-electron chi connectivity index (χ3n) is 7.19. The van der Waals surface area contributed by atoms with Crippen molar-refractivity contribution >= 4 is 44.1 Å². The number of anilines is 1. The number of methoxy groups -OCH3 is 2. The molecule has 224 valence electrons. The number of carbonyl (C=O) groups excluding carboxylic acids is 2. The zero-order chi connectivity index (χ0) is 30.5. The number of ether oxygens (including phenoxy) is 4. The van der Waals surface area contributed by atoms with Crippen LogP contribution >= 0.6 is 11.3 Å². The van der Waals surface area contributed by atoms with Crippen LogP contribution in [0.1, 0.15) is 50.3 Å². The molecule has 0 spiro atoms. The molecule has 1 N–H and O–H groups in total. The second-order valence-electron chi connectivity index (χ2n) is 9.92. The van der Waals surface area contributed by atoms with Gasteiger partial charge >= 0.3 is 5.91 Å². The monoisotopic (exact) mass is 602 g/mol. The first kappa shape index (κ1) is 29.9. The minimum Gasteiger partial charge on any atom is -0.507 e. The average molecular weight is 603 g/mol. The zero-order valence-electron chi connectivity index (χ0n) is 24.6. The Morgan fingerprint density at radius 1 is 0.907 bits per heavy atom. The smallest absolute Gasteiger partial charge is 0.301 e. The minimum atomic E-state index is -0.974. The number of unbranched alkanes of at least 4 members (excludes halogenated alkanes) is 2. The second kappa shape index (κ2) is 13.2. The molecular formula is C33H34N2O7S. The lowest BCUT2D eigenvalue weighted by molar-refractivity contribution is -0.132. The highest BCUT2D eigenvalue weighted by Crippen LogP contribution is 2.46. The van der Waals surface area contributed by atoms with E-state index in [-0.39, 0.29) is 11.3 Å². The summed E-state index contributed by atoms with van der Waals surface area (Å²) < 4.78 is 23.3. The molecule has 0 aliphatic carbocycles. The number of aliphatic hydroxyl groups excluding tert-OH is 1. The van der Waals surface area contributed by atoms with Crippen molar-refractivity contribution in [1.29, 1.82) is 0 Å². The van der Waals surface area contributed by atoms with E-state index in [1.165, 1.54) is 16.2 Å². The highest BCUT2D eigenvalue weighted by Gasteiger charge is 2.48. The molecule has 10 heteroatoms. The molecule has 1 aliphatic heterocycles.